The maximum atomic E-state index is 13.2. The lowest BCUT2D eigenvalue weighted by Crippen LogP contribution is -2.54. The average Bonchev–Trinajstić information content (AvgIpc) is 3.16. The molecule has 0 spiro atoms. The van der Waals surface area contributed by atoms with Crippen molar-refractivity contribution in [2.24, 2.45) is 0 Å². The molecule has 4 rings (SSSR count). The Morgan fingerprint density at radius 3 is 2.46 bits per heavy atom. The highest BCUT2D eigenvalue weighted by Gasteiger charge is 2.34. The summed E-state index contributed by atoms with van der Waals surface area (Å²) in [5.74, 6) is -0.479. The highest BCUT2D eigenvalue weighted by Crippen LogP contribution is 2.26. The van der Waals surface area contributed by atoms with Crippen LogP contribution in [-0.4, -0.2) is 30.0 Å². The van der Waals surface area contributed by atoms with Crippen LogP contribution in [0.3, 0.4) is 0 Å². The van der Waals surface area contributed by atoms with Gasteiger partial charge in [-0.3, -0.25) is 19.8 Å². The molecule has 2 saturated heterocycles. The minimum atomic E-state index is -0.593. The third-order valence-corrected chi connectivity index (χ3v) is 5.04. The second-order valence-electron chi connectivity index (χ2n) is 6.66. The van der Waals surface area contributed by atoms with E-state index in [0.29, 0.717) is 11.4 Å². The molecule has 3 heterocycles. The van der Waals surface area contributed by atoms with E-state index in [-0.39, 0.29) is 10.7 Å². The van der Waals surface area contributed by atoms with Gasteiger partial charge in [0, 0.05) is 19.2 Å². The Morgan fingerprint density at radius 2 is 1.75 bits per heavy atom. The van der Waals surface area contributed by atoms with Crippen LogP contribution >= 0.6 is 12.2 Å². The molecule has 8 heteroatoms. The molecule has 0 saturated carbocycles. The molecular formula is C20H18FN3O3S. The van der Waals surface area contributed by atoms with Gasteiger partial charge in [-0.2, -0.15) is 0 Å². The third-order valence-electron chi connectivity index (χ3n) is 4.75. The monoisotopic (exact) mass is 399 g/mol. The topological polar surface area (TPSA) is 65.8 Å². The number of halogens is 1. The number of amides is 2. The van der Waals surface area contributed by atoms with Gasteiger partial charge in [-0.1, -0.05) is 0 Å². The molecule has 2 aliphatic heterocycles. The van der Waals surface area contributed by atoms with Crippen LogP contribution in [0.25, 0.3) is 6.08 Å². The molecule has 2 aromatic rings. The van der Waals surface area contributed by atoms with Crippen LogP contribution in [0.2, 0.25) is 0 Å². The lowest BCUT2D eigenvalue weighted by molar-refractivity contribution is -0.122. The van der Waals surface area contributed by atoms with Crippen LogP contribution < -0.4 is 15.1 Å². The van der Waals surface area contributed by atoms with Crippen LogP contribution in [0.4, 0.5) is 16.0 Å². The summed E-state index contributed by atoms with van der Waals surface area (Å²) in [6.07, 6.45) is 4.84. The fourth-order valence-corrected chi connectivity index (χ4v) is 3.61. The lowest BCUT2D eigenvalue weighted by Gasteiger charge is -2.28. The summed E-state index contributed by atoms with van der Waals surface area (Å²) in [5, 5.41) is 2.45. The van der Waals surface area contributed by atoms with Crippen LogP contribution in [0, 0.1) is 5.82 Å². The summed E-state index contributed by atoms with van der Waals surface area (Å²) in [6.45, 7) is 1.85. The Bertz CT molecular complexity index is 961. The van der Waals surface area contributed by atoms with Crippen molar-refractivity contribution in [1.82, 2.24) is 5.32 Å². The Balaban J connectivity index is 1.61. The van der Waals surface area contributed by atoms with E-state index < -0.39 is 17.6 Å². The van der Waals surface area contributed by atoms with E-state index in [1.807, 2.05) is 6.07 Å². The molecule has 0 aliphatic carbocycles. The van der Waals surface area contributed by atoms with Gasteiger partial charge in [0.15, 0.2) is 11.0 Å². The number of thiocarbonyl (C=S) groups is 1. The molecule has 0 radical (unpaired) electrons. The summed E-state index contributed by atoms with van der Waals surface area (Å²) < 4.78 is 19.0. The number of nitrogens with one attached hydrogen (secondary N) is 1. The maximum absolute atomic E-state index is 13.2. The second kappa shape index (κ2) is 7.55. The Kier molecular flexibility index (Phi) is 4.95. The van der Waals surface area contributed by atoms with Crippen molar-refractivity contribution in [2.45, 2.75) is 19.3 Å². The number of piperidine rings is 1. The van der Waals surface area contributed by atoms with Gasteiger partial charge in [-0.25, -0.2) is 4.39 Å². The van der Waals surface area contributed by atoms with Gasteiger partial charge in [0.1, 0.15) is 17.2 Å². The van der Waals surface area contributed by atoms with E-state index >= 15 is 0 Å². The van der Waals surface area contributed by atoms with E-state index in [1.54, 1.807) is 6.07 Å². The molecular weight excluding hydrogens is 381 g/mol. The number of carbonyl (C=O) groups excluding carboxylic acids is 2. The van der Waals surface area contributed by atoms with Gasteiger partial charge in [-0.15, -0.1) is 0 Å². The zero-order valence-electron chi connectivity index (χ0n) is 15.0. The molecule has 0 unspecified atom stereocenters. The van der Waals surface area contributed by atoms with Gasteiger partial charge in [0.2, 0.25) is 0 Å². The quantitative estimate of drug-likeness (QED) is 0.488. The van der Waals surface area contributed by atoms with Crippen molar-refractivity contribution in [3.8, 4) is 0 Å². The fourth-order valence-electron chi connectivity index (χ4n) is 3.33. The number of nitrogens with zero attached hydrogens (tertiary/aromatic N) is 2. The second-order valence-corrected chi connectivity index (χ2v) is 7.04. The van der Waals surface area contributed by atoms with Crippen molar-refractivity contribution in [2.75, 3.05) is 22.9 Å². The molecule has 28 heavy (non-hydrogen) atoms. The Labute approximate surface area is 166 Å². The minimum Gasteiger partial charge on any atom is -0.441 e. The summed E-state index contributed by atoms with van der Waals surface area (Å²) in [5.41, 5.74) is 0.271. The predicted octanol–water partition coefficient (Wildman–Crippen LogP) is 3.24. The van der Waals surface area contributed by atoms with Crippen LogP contribution in [-0.2, 0) is 9.59 Å². The van der Waals surface area contributed by atoms with Crippen LogP contribution in [0.1, 0.15) is 25.0 Å². The number of benzene rings is 1. The average molecular weight is 399 g/mol. The van der Waals surface area contributed by atoms with Gasteiger partial charge in [0.05, 0.1) is 5.69 Å². The predicted molar refractivity (Wildman–Crippen MR) is 107 cm³/mol. The van der Waals surface area contributed by atoms with Crippen molar-refractivity contribution >= 4 is 46.8 Å². The summed E-state index contributed by atoms with van der Waals surface area (Å²) in [4.78, 5) is 28.6. The van der Waals surface area contributed by atoms with E-state index in [9.17, 15) is 14.0 Å². The zero-order chi connectivity index (χ0) is 19.7. The smallest absolute Gasteiger partial charge is 0.270 e. The summed E-state index contributed by atoms with van der Waals surface area (Å²) in [7, 11) is 0. The van der Waals surface area contributed by atoms with Crippen LogP contribution in [0.5, 0.6) is 0 Å². The normalized spacial score (nSPS) is 19.3. The molecule has 6 nitrogen and oxygen atoms in total. The molecule has 2 aliphatic rings. The highest BCUT2D eigenvalue weighted by atomic mass is 32.1. The van der Waals surface area contributed by atoms with Crippen molar-refractivity contribution < 1.29 is 18.4 Å². The van der Waals surface area contributed by atoms with Crippen LogP contribution in [0.15, 0.2) is 46.4 Å². The molecule has 2 fully saturated rings. The molecule has 1 aromatic heterocycles. The zero-order valence-corrected chi connectivity index (χ0v) is 15.8. The van der Waals surface area contributed by atoms with Gasteiger partial charge in [0.25, 0.3) is 11.8 Å². The Hall–Kier alpha value is -3.00. The number of hydrogen-bond acceptors (Lipinski definition) is 5. The molecule has 0 bridgehead atoms. The largest absolute Gasteiger partial charge is 0.441 e. The van der Waals surface area contributed by atoms with E-state index in [0.717, 1.165) is 36.7 Å². The van der Waals surface area contributed by atoms with Crippen molar-refractivity contribution in [3.05, 3.63) is 53.5 Å². The Morgan fingerprint density at radius 1 is 1.04 bits per heavy atom. The lowest BCUT2D eigenvalue weighted by atomic mass is 10.1. The number of anilines is 2. The first-order chi connectivity index (χ1) is 13.5. The summed E-state index contributed by atoms with van der Waals surface area (Å²) in [6, 6.07) is 8.87. The first-order valence-electron chi connectivity index (χ1n) is 9.05. The standard InChI is InChI=1S/C20H18FN3O3S/c21-13-4-6-14(7-5-13)24-19(26)16(18(25)22-20(24)28)12-15-8-9-17(27-15)23-10-2-1-3-11-23/h4-9,12H,1-3,10-11H2,(H,22,25,28). The molecule has 144 valence electrons. The van der Waals surface area contributed by atoms with E-state index in [2.05, 4.69) is 10.2 Å². The van der Waals surface area contributed by atoms with E-state index in [4.69, 9.17) is 16.6 Å². The highest BCUT2D eigenvalue weighted by molar-refractivity contribution is 7.80. The molecule has 1 aromatic carbocycles. The summed E-state index contributed by atoms with van der Waals surface area (Å²) >= 11 is 5.13. The molecule has 1 N–H and O–H groups in total. The molecule has 0 atom stereocenters. The third kappa shape index (κ3) is 3.55. The number of furan rings is 1. The van der Waals surface area contributed by atoms with Gasteiger partial charge >= 0.3 is 0 Å². The van der Waals surface area contributed by atoms with Gasteiger partial charge < -0.3 is 9.32 Å². The van der Waals surface area contributed by atoms with Crippen molar-refractivity contribution in [1.29, 1.82) is 0 Å². The van der Waals surface area contributed by atoms with Gasteiger partial charge in [-0.05, 0) is 67.9 Å². The van der Waals surface area contributed by atoms with E-state index in [1.165, 1.54) is 36.8 Å². The number of hydrogen-bond donors (Lipinski definition) is 1. The molecule has 2 amide bonds. The fraction of sp³-hybridized carbons (Fsp3) is 0.250. The minimum absolute atomic E-state index is 0.0489. The maximum Gasteiger partial charge on any atom is 0.270 e. The SMILES string of the molecule is O=C1NC(=S)N(c2ccc(F)cc2)C(=O)C1=Cc1ccc(N2CCCCC2)o1. The number of carbonyl (C=O) groups is 2. The number of rotatable bonds is 3. The van der Waals surface area contributed by atoms with Crippen molar-refractivity contribution in [3.63, 3.8) is 0 Å². The first kappa shape index (κ1) is 18.4. The first-order valence-corrected chi connectivity index (χ1v) is 9.45.